The zero-order valence-electron chi connectivity index (χ0n) is 11.6. The molecule has 0 spiro atoms. The zero-order valence-corrected chi connectivity index (χ0v) is 13.9. The summed E-state index contributed by atoms with van der Waals surface area (Å²) in [4.78, 5) is 5.17. The van der Waals surface area contributed by atoms with Gasteiger partial charge in [0, 0.05) is 47.8 Å². The molecular weight excluding hydrogens is 338 g/mol. The summed E-state index contributed by atoms with van der Waals surface area (Å²) < 4.78 is 1.06. The van der Waals surface area contributed by atoms with E-state index in [0.29, 0.717) is 6.54 Å². The number of nitrogens with zero attached hydrogens (tertiary/aromatic N) is 2. The Balaban J connectivity index is 1.79. The van der Waals surface area contributed by atoms with Gasteiger partial charge >= 0.3 is 0 Å². The van der Waals surface area contributed by atoms with Crippen LogP contribution in [0.5, 0.6) is 0 Å². The van der Waals surface area contributed by atoms with E-state index in [1.165, 1.54) is 31.5 Å². The van der Waals surface area contributed by atoms with Crippen LogP contribution in [0.3, 0.4) is 0 Å². The Morgan fingerprint density at radius 3 is 2.95 bits per heavy atom. The largest absolute Gasteiger partial charge is 0.329 e. The highest BCUT2D eigenvalue weighted by Crippen LogP contribution is 2.32. The van der Waals surface area contributed by atoms with Crippen LogP contribution in [0.4, 0.5) is 0 Å². The number of hydrogen-bond donors (Lipinski definition) is 1. The average molecular weight is 359 g/mol. The van der Waals surface area contributed by atoms with Crippen molar-refractivity contribution >= 4 is 27.5 Å². The molecule has 2 N–H and O–H groups in total. The minimum atomic E-state index is 0.282. The van der Waals surface area contributed by atoms with Crippen molar-refractivity contribution < 1.29 is 0 Å². The second kappa shape index (κ2) is 6.32. The van der Waals surface area contributed by atoms with Crippen molar-refractivity contribution in [3.05, 3.63) is 33.3 Å². The fraction of sp³-hybridized carbons (Fsp3) is 0.600. The molecule has 2 aliphatic heterocycles. The van der Waals surface area contributed by atoms with Gasteiger partial charge in [0.25, 0.3) is 0 Å². The van der Waals surface area contributed by atoms with E-state index in [0.717, 1.165) is 28.6 Å². The molecule has 0 bridgehead atoms. The van der Waals surface area contributed by atoms with E-state index in [1.807, 2.05) is 12.1 Å². The third-order valence-electron chi connectivity index (χ3n) is 4.60. The van der Waals surface area contributed by atoms with E-state index < -0.39 is 0 Å². The first-order chi connectivity index (χ1) is 9.69. The van der Waals surface area contributed by atoms with Gasteiger partial charge < -0.3 is 5.73 Å². The molecule has 0 radical (unpaired) electrons. The molecule has 0 amide bonds. The molecule has 110 valence electrons. The lowest BCUT2D eigenvalue weighted by molar-refractivity contribution is 0.0735. The van der Waals surface area contributed by atoms with Gasteiger partial charge in [0.15, 0.2) is 0 Å². The highest BCUT2D eigenvalue weighted by molar-refractivity contribution is 9.10. The van der Waals surface area contributed by atoms with Gasteiger partial charge in [-0.15, -0.1) is 0 Å². The first kappa shape index (κ1) is 14.8. The van der Waals surface area contributed by atoms with E-state index in [9.17, 15) is 0 Å². The quantitative estimate of drug-likeness (QED) is 0.902. The summed E-state index contributed by atoms with van der Waals surface area (Å²) >= 11 is 9.68. The van der Waals surface area contributed by atoms with Crippen molar-refractivity contribution in [1.82, 2.24) is 9.80 Å². The molecule has 1 aromatic rings. The average Bonchev–Trinajstić information content (AvgIpc) is 2.89. The molecular formula is C15H21BrClN3. The van der Waals surface area contributed by atoms with Crippen molar-refractivity contribution in [3.8, 4) is 0 Å². The van der Waals surface area contributed by atoms with E-state index in [1.54, 1.807) is 0 Å². The smallest absolute Gasteiger partial charge is 0.0482 e. The Morgan fingerprint density at radius 1 is 1.35 bits per heavy atom. The predicted molar refractivity (Wildman–Crippen MR) is 87.1 cm³/mol. The van der Waals surface area contributed by atoms with Gasteiger partial charge in [-0.25, -0.2) is 0 Å². The molecule has 5 heteroatoms. The van der Waals surface area contributed by atoms with Gasteiger partial charge in [0.2, 0.25) is 0 Å². The first-order valence-corrected chi connectivity index (χ1v) is 8.49. The van der Waals surface area contributed by atoms with E-state index in [4.69, 9.17) is 17.3 Å². The second-order valence-corrected chi connectivity index (χ2v) is 7.04. The molecule has 1 aromatic carbocycles. The van der Waals surface area contributed by atoms with Crippen LogP contribution < -0.4 is 5.73 Å². The molecule has 2 heterocycles. The number of rotatable bonds is 3. The molecule has 0 saturated carbocycles. The molecule has 3 nitrogen and oxygen atoms in total. The van der Waals surface area contributed by atoms with Crippen molar-refractivity contribution in [2.75, 3.05) is 32.7 Å². The fourth-order valence-corrected chi connectivity index (χ4v) is 4.49. The number of hydrogen-bond acceptors (Lipinski definition) is 3. The van der Waals surface area contributed by atoms with E-state index in [-0.39, 0.29) is 6.04 Å². The van der Waals surface area contributed by atoms with Crippen LogP contribution in [-0.4, -0.2) is 48.6 Å². The normalized spacial score (nSPS) is 25.6. The minimum Gasteiger partial charge on any atom is -0.329 e. The van der Waals surface area contributed by atoms with E-state index >= 15 is 0 Å². The molecule has 2 fully saturated rings. The summed E-state index contributed by atoms with van der Waals surface area (Å²) in [5, 5.41) is 0.761. The standard InChI is InChI=1S/C15H21BrClN3/c16-14-8-11(17)3-4-13(14)15(9-18)20-7-6-19-5-1-2-12(19)10-20/h3-4,8,12,15H,1-2,5-7,9-10,18H2. The molecule has 0 aromatic heterocycles. The van der Waals surface area contributed by atoms with Crippen molar-refractivity contribution in [3.63, 3.8) is 0 Å². The van der Waals surface area contributed by atoms with Crippen LogP contribution in [0.15, 0.2) is 22.7 Å². The highest BCUT2D eigenvalue weighted by atomic mass is 79.9. The summed E-state index contributed by atoms with van der Waals surface area (Å²) in [7, 11) is 0. The van der Waals surface area contributed by atoms with E-state index in [2.05, 4.69) is 31.8 Å². The lowest BCUT2D eigenvalue weighted by Gasteiger charge is -2.41. The highest BCUT2D eigenvalue weighted by Gasteiger charge is 2.33. The summed E-state index contributed by atoms with van der Waals surface area (Å²) in [5.74, 6) is 0. The summed E-state index contributed by atoms with van der Waals surface area (Å²) in [6, 6.07) is 7.03. The maximum atomic E-state index is 6.07. The lowest BCUT2D eigenvalue weighted by atomic mass is 10.0. The van der Waals surface area contributed by atoms with Crippen molar-refractivity contribution in [2.24, 2.45) is 5.73 Å². The second-order valence-electron chi connectivity index (χ2n) is 5.74. The van der Waals surface area contributed by atoms with Crippen LogP contribution in [-0.2, 0) is 0 Å². The SMILES string of the molecule is NCC(c1ccc(Cl)cc1Br)N1CCN2CCCC2C1. The third kappa shape index (κ3) is 2.90. The summed E-state index contributed by atoms with van der Waals surface area (Å²) in [6.45, 7) is 5.33. The zero-order chi connectivity index (χ0) is 14.1. The molecule has 2 aliphatic rings. The lowest BCUT2D eigenvalue weighted by Crippen LogP contribution is -2.52. The van der Waals surface area contributed by atoms with Crippen LogP contribution in [0.2, 0.25) is 5.02 Å². The molecule has 2 saturated heterocycles. The Morgan fingerprint density at radius 2 is 2.20 bits per heavy atom. The maximum Gasteiger partial charge on any atom is 0.0482 e. The van der Waals surface area contributed by atoms with Crippen molar-refractivity contribution in [2.45, 2.75) is 24.9 Å². The van der Waals surface area contributed by atoms with Crippen LogP contribution in [0.1, 0.15) is 24.4 Å². The Labute approximate surface area is 134 Å². The Hall–Kier alpha value is -0.130. The van der Waals surface area contributed by atoms with Crippen LogP contribution >= 0.6 is 27.5 Å². The number of piperazine rings is 1. The van der Waals surface area contributed by atoms with Gasteiger partial charge in [-0.2, -0.15) is 0 Å². The van der Waals surface area contributed by atoms with Crippen molar-refractivity contribution in [1.29, 1.82) is 0 Å². The molecule has 2 unspecified atom stereocenters. The fourth-order valence-electron chi connectivity index (χ4n) is 3.54. The number of fused-ring (bicyclic) bond motifs is 1. The van der Waals surface area contributed by atoms with Gasteiger partial charge in [-0.1, -0.05) is 33.6 Å². The van der Waals surface area contributed by atoms with Gasteiger partial charge in [0.1, 0.15) is 0 Å². The molecule has 2 atom stereocenters. The Bertz CT molecular complexity index is 482. The summed E-state index contributed by atoms with van der Waals surface area (Å²) in [5.41, 5.74) is 7.32. The van der Waals surface area contributed by atoms with Crippen LogP contribution in [0, 0.1) is 0 Å². The van der Waals surface area contributed by atoms with Gasteiger partial charge in [-0.3, -0.25) is 9.80 Å². The molecule has 3 rings (SSSR count). The van der Waals surface area contributed by atoms with Gasteiger partial charge in [0.05, 0.1) is 0 Å². The summed E-state index contributed by atoms with van der Waals surface area (Å²) in [6.07, 6.45) is 2.67. The third-order valence-corrected chi connectivity index (χ3v) is 5.53. The topological polar surface area (TPSA) is 32.5 Å². The maximum absolute atomic E-state index is 6.07. The monoisotopic (exact) mass is 357 g/mol. The van der Waals surface area contributed by atoms with Gasteiger partial charge in [-0.05, 0) is 37.1 Å². The first-order valence-electron chi connectivity index (χ1n) is 7.32. The van der Waals surface area contributed by atoms with Crippen LogP contribution in [0.25, 0.3) is 0 Å². The molecule has 20 heavy (non-hydrogen) atoms. The number of benzene rings is 1. The number of nitrogens with two attached hydrogens (primary N) is 1. The number of halogens is 2. The minimum absolute atomic E-state index is 0.282. The Kier molecular flexibility index (Phi) is 4.68. The molecule has 0 aliphatic carbocycles. The predicted octanol–water partition coefficient (Wildman–Crippen LogP) is 2.88.